The maximum atomic E-state index is 13.1. The van der Waals surface area contributed by atoms with E-state index >= 15 is 0 Å². The van der Waals surface area contributed by atoms with Gasteiger partial charge in [-0.15, -0.1) is 0 Å². The zero-order chi connectivity index (χ0) is 15.9. The largest absolute Gasteiger partial charge is 0.416 e. The van der Waals surface area contributed by atoms with E-state index in [0.717, 1.165) is 6.07 Å². The molecule has 1 aromatic carbocycles. The lowest BCUT2D eigenvalue weighted by Gasteiger charge is -2.21. The number of rotatable bonds is 8. The highest BCUT2D eigenvalue weighted by Gasteiger charge is 2.33. The van der Waals surface area contributed by atoms with E-state index in [1.807, 2.05) is 0 Å². The Morgan fingerprint density at radius 2 is 2.05 bits per heavy atom. The third-order valence-electron chi connectivity index (χ3n) is 3.07. The molecule has 0 atom stereocenters. The third kappa shape index (κ3) is 5.53. The summed E-state index contributed by atoms with van der Waals surface area (Å²) in [6, 6.07) is 4.20. The average Bonchev–Trinajstić information content (AvgIpc) is 2.43. The van der Waals surface area contributed by atoms with Crippen molar-refractivity contribution in [2.45, 2.75) is 12.7 Å². The first kappa shape index (κ1) is 17.7. The van der Waals surface area contributed by atoms with Crippen LogP contribution < -0.4 is 10.2 Å². The summed E-state index contributed by atoms with van der Waals surface area (Å²) < 4.78 is 44.2. The molecule has 0 spiro atoms. The second-order valence-corrected chi connectivity index (χ2v) is 4.65. The molecule has 0 bridgehead atoms. The fourth-order valence-corrected chi connectivity index (χ4v) is 1.90. The zero-order valence-corrected chi connectivity index (χ0v) is 12.2. The Hall–Kier alpha value is -1.31. The van der Waals surface area contributed by atoms with Gasteiger partial charge in [0.05, 0.1) is 18.8 Å². The number of nitrogens with zero attached hydrogens (tertiary/aromatic N) is 1. The van der Waals surface area contributed by atoms with E-state index in [9.17, 15) is 13.2 Å². The van der Waals surface area contributed by atoms with Gasteiger partial charge in [-0.3, -0.25) is 0 Å². The lowest BCUT2D eigenvalue weighted by Crippen LogP contribution is -2.24. The van der Waals surface area contributed by atoms with E-state index in [4.69, 9.17) is 9.84 Å². The fourth-order valence-electron chi connectivity index (χ4n) is 1.90. The second-order valence-electron chi connectivity index (χ2n) is 4.65. The van der Waals surface area contributed by atoms with Crippen LogP contribution in [0.4, 0.5) is 18.9 Å². The van der Waals surface area contributed by atoms with Gasteiger partial charge in [0.1, 0.15) is 0 Å². The summed E-state index contributed by atoms with van der Waals surface area (Å²) in [7, 11) is 3.18. The van der Waals surface area contributed by atoms with Crippen LogP contribution >= 0.6 is 0 Å². The first-order chi connectivity index (χ1) is 9.90. The Morgan fingerprint density at radius 3 is 2.62 bits per heavy atom. The molecule has 0 saturated heterocycles. The molecule has 7 heteroatoms. The van der Waals surface area contributed by atoms with Gasteiger partial charge in [-0.05, 0) is 17.7 Å². The number of methoxy groups -OCH3 is 1. The van der Waals surface area contributed by atoms with Crippen molar-refractivity contribution < 1.29 is 23.0 Å². The minimum atomic E-state index is -4.41. The Kier molecular flexibility index (Phi) is 6.94. The number of halogens is 3. The van der Waals surface area contributed by atoms with E-state index in [0.29, 0.717) is 18.8 Å². The Labute approximate surface area is 122 Å². The normalized spacial score (nSPS) is 11.7. The van der Waals surface area contributed by atoms with Crippen LogP contribution in [0, 0.1) is 0 Å². The molecule has 0 aliphatic carbocycles. The van der Waals surface area contributed by atoms with Gasteiger partial charge in [0.2, 0.25) is 0 Å². The minimum absolute atomic E-state index is 0.113. The van der Waals surface area contributed by atoms with Crippen molar-refractivity contribution in [3.8, 4) is 0 Å². The maximum Gasteiger partial charge on any atom is 0.416 e. The predicted molar refractivity (Wildman–Crippen MR) is 75.4 cm³/mol. The van der Waals surface area contributed by atoms with Gasteiger partial charge in [0, 0.05) is 39.5 Å². The number of anilines is 1. The van der Waals surface area contributed by atoms with Gasteiger partial charge >= 0.3 is 6.18 Å². The number of aliphatic hydroxyl groups is 1. The van der Waals surface area contributed by atoms with E-state index in [2.05, 4.69) is 5.32 Å². The van der Waals surface area contributed by atoms with Crippen LogP contribution in [0.25, 0.3) is 0 Å². The topological polar surface area (TPSA) is 44.7 Å². The summed E-state index contributed by atoms with van der Waals surface area (Å²) in [6.07, 6.45) is -4.41. The van der Waals surface area contributed by atoms with Crippen molar-refractivity contribution in [2.75, 3.05) is 45.4 Å². The quantitative estimate of drug-likeness (QED) is 0.720. The van der Waals surface area contributed by atoms with Crippen molar-refractivity contribution in [3.05, 3.63) is 29.3 Å². The first-order valence-corrected chi connectivity index (χ1v) is 6.62. The zero-order valence-electron chi connectivity index (χ0n) is 12.2. The summed E-state index contributed by atoms with van der Waals surface area (Å²) in [5, 5.41) is 11.8. The van der Waals surface area contributed by atoms with E-state index in [1.54, 1.807) is 18.0 Å². The van der Waals surface area contributed by atoms with Crippen molar-refractivity contribution in [2.24, 2.45) is 0 Å². The molecule has 4 nitrogen and oxygen atoms in total. The highest BCUT2D eigenvalue weighted by atomic mass is 19.4. The predicted octanol–water partition coefficient (Wildman–Crippen LogP) is 1.87. The summed E-state index contributed by atoms with van der Waals surface area (Å²) >= 11 is 0. The summed E-state index contributed by atoms with van der Waals surface area (Å²) in [6.45, 7) is 1.22. The van der Waals surface area contributed by atoms with Crippen molar-refractivity contribution in [1.29, 1.82) is 0 Å². The second kappa shape index (κ2) is 8.21. The minimum Gasteiger partial charge on any atom is -0.395 e. The van der Waals surface area contributed by atoms with Crippen LogP contribution in [-0.2, 0) is 17.5 Å². The van der Waals surface area contributed by atoms with Crippen LogP contribution in [0.2, 0.25) is 0 Å². The molecule has 0 saturated carbocycles. The van der Waals surface area contributed by atoms with Crippen molar-refractivity contribution >= 4 is 5.69 Å². The number of alkyl halides is 3. The molecule has 1 rings (SSSR count). The van der Waals surface area contributed by atoms with Crippen molar-refractivity contribution in [1.82, 2.24) is 5.32 Å². The van der Waals surface area contributed by atoms with Gasteiger partial charge in [-0.1, -0.05) is 6.07 Å². The molecule has 1 aromatic rings. The molecular formula is C14H21F3N2O2. The molecule has 0 aliphatic heterocycles. The van der Waals surface area contributed by atoms with Crippen LogP contribution in [0.15, 0.2) is 18.2 Å². The average molecular weight is 306 g/mol. The molecule has 120 valence electrons. The number of aliphatic hydroxyl groups excluding tert-OH is 1. The molecule has 0 fully saturated rings. The third-order valence-corrected chi connectivity index (χ3v) is 3.07. The number of likely N-dealkylation sites (N-methyl/N-ethyl adjacent to an activating group) is 1. The fraction of sp³-hybridized carbons (Fsp3) is 0.571. The van der Waals surface area contributed by atoms with E-state index in [-0.39, 0.29) is 25.3 Å². The summed E-state index contributed by atoms with van der Waals surface area (Å²) in [5.74, 6) is 0. The van der Waals surface area contributed by atoms with Gasteiger partial charge in [0.25, 0.3) is 0 Å². The summed E-state index contributed by atoms with van der Waals surface area (Å²) in [4.78, 5) is 1.58. The SMILES string of the molecule is COCCNCc1ccc(N(C)CCO)cc1C(F)(F)F. The van der Waals surface area contributed by atoms with Crippen LogP contribution in [-0.4, -0.2) is 45.6 Å². The first-order valence-electron chi connectivity index (χ1n) is 6.62. The van der Waals surface area contributed by atoms with Crippen LogP contribution in [0.5, 0.6) is 0 Å². The summed E-state index contributed by atoms with van der Waals surface area (Å²) in [5.41, 5.74) is -0.0357. The standard InChI is InChI=1S/C14H21F3N2O2/c1-19(6-7-20)12-4-3-11(10-18-5-8-21-2)13(9-12)14(15,16)17/h3-4,9,18,20H,5-8,10H2,1-2H3. The van der Waals surface area contributed by atoms with E-state index < -0.39 is 11.7 Å². The number of benzene rings is 1. The Morgan fingerprint density at radius 1 is 1.33 bits per heavy atom. The lowest BCUT2D eigenvalue weighted by atomic mass is 10.1. The van der Waals surface area contributed by atoms with Gasteiger partial charge in [-0.2, -0.15) is 13.2 Å². The molecule has 0 aromatic heterocycles. The molecule has 21 heavy (non-hydrogen) atoms. The Bertz CT molecular complexity index is 439. The van der Waals surface area contributed by atoms with Crippen LogP contribution in [0.1, 0.15) is 11.1 Å². The van der Waals surface area contributed by atoms with Crippen molar-refractivity contribution in [3.63, 3.8) is 0 Å². The maximum absolute atomic E-state index is 13.1. The Balaban J connectivity index is 2.92. The molecule has 0 amide bonds. The molecule has 2 N–H and O–H groups in total. The van der Waals surface area contributed by atoms with Crippen LogP contribution in [0.3, 0.4) is 0 Å². The van der Waals surface area contributed by atoms with Gasteiger partial charge in [0.15, 0.2) is 0 Å². The smallest absolute Gasteiger partial charge is 0.395 e. The number of hydrogen-bond donors (Lipinski definition) is 2. The highest BCUT2D eigenvalue weighted by Crippen LogP contribution is 2.34. The van der Waals surface area contributed by atoms with E-state index in [1.165, 1.54) is 13.2 Å². The monoisotopic (exact) mass is 306 g/mol. The molecule has 0 heterocycles. The molecule has 0 unspecified atom stereocenters. The molecule has 0 aliphatic rings. The number of hydrogen-bond acceptors (Lipinski definition) is 4. The number of nitrogens with one attached hydrogen (secondary N) is 1. The number of ether oxygens (including phenoxy) is 1. The van der Waals surface area contributed by atoms with Gasteiger partial charge < -0.3 is 20.1 Å². The highest BCUT2D eigenvalue weighted by molar-refractivity contribution is 5.51. The molecular weight excluding hydrogens is 285 g/mol. The lowest BCUT2D eigenvalue weighted by molar-refractivity contribution is -0.138. The van der Waals surface area contributed by atoms with Gasteiger partial charge in [-0.25, -0.2) is 0 Å². The molecule has 0 radical (unpaired) electrons.